The van der Waals surface area contributed by atoms with Crippen LogP contribution in [-0.2, 0) is 16.0 Å². The minimum Gasteiger partial charge on any atom is -0.452 e. The van der Waals surface area contributed by atoms with Gasteiger partial charge in [-0.05, 0) is 42.0 Å². The van der Waals surface area contributed by atoms with Crippen LogP contribution in [-0.4, -0.2) is 30.8 Å². The molecule has 2 aromatic rings. The van der Waals surface area contributed by atoms with E-state index in [4.69, 9.17) is 16.3 Å². The van der Waals surface area contributed by atoms with Gasteiger partial charge in [0, 0.05) is 16.5 Å². The molecule has 0 aliphatic heterocycles. The Kier molecular flexibility index (Phi) is 7.82. The predicted molar refractivity (Wildman–Crippen MR) is 101 cm³/mol. The maximum Gasteiger partial charge on any atom is 0.339 e. The molecule has 0 fully saturated rings. The normalized spacial score (nSPS) is 10.3. The smallest absolute Gasteiger partial charge is 0.339 e. The third kappa shape index (κ3) is 6.44. The summed E-state index contributed by atoms with van der Waals surface area (Å²) in [5.41, 5.74) is 1.52. The van der Waals surface area contributed by atoms with Gasteiger partial charge in [0.2, 0.25) is 0 Å². The Balaban J connectivity index is 1.77. The summed E-state index contributed by atoms with van der Waals surface area (Å²) in [7, 11) is 0. The van der Waals surface area contributed by atoms with Crippen LogP contribution in [0.2, 0.25) is 5.02 Å². The molecule has 0 bridgehead atoms. The number of rotatable bonds is 8. The van der Waals surface area contributed by atoms with E-state index in [0.29, 0.717) is 23.6 Å². The number of benzene rings is 2. The van der Waals surface area contributed by atoms with Crippen LogP contribution in [0.5, 0.6) is 0 Å². The molecular weight excluding hydrogens is 358 g/mol. The SMILES string of the molecule is CCSc1ccccc1C(=O)OCC(=O)NCCc1cccc(Cl)c1. The van der Waals surface area contributed by atoms with E-state index in [1.165, 1.54) is 0 Å². The van der Waals surface area contributed by atoms with E-state index in [9.17, 15) is 9.59 Å². The quantitative estimate of drug-likeness (QED) is 0.558. The Morgan fingerprint density at radius 2 is 1.96 bits per heavy atom. The molecule has 0 aliphatic rings. The maximum absolute atomic E-state index is 12.1. The lowest BCUT2D eigenvalue weighted by atomic mass is 10.1. The first-order valence-electron chi connectivity index (χ1n) is 8.00. The third-order valence-electron chi connectivity index (χ3n) is 3.37. The van der Waals surface area contributed by atoms with Crippen LogP contribution in [0, 0.1) is 0 Å². The highest BCUT2D eigenvalue weighted by Gasteiger charge is 2.14. The predicted octanol–water partition coefficient (Wildman–Crippen LogP) is 3.97. The molecule has 0 radical (unpaired) electrons. The number of nitrogens with one attached hydrogen (secondary N) is 1. The second kappa shape index (κ2) is 10.1. The largest absolute Gasteiger partial charge is 0.452 e. The third-order valence-corrected chi connectivity index (χ3v) is 4.56. The first-order valence-corrected chi connectivity index (χ1v) is 9.36. The number of hydrogen-bond donors (Lipinski definition) is 1. The van der Waals surface area contributed by atoms with Crippen LogP contribution in [0.15, 0.2) is 53.4 Å². The molecule has 4 nitrogen and oxygen atoms in total. The van der Waals surface area contributed by atoms with Crippen LogP contribution in [0.3, 0.4) is 0 Å². The molecular formula is C19H20ClNO3S. The molecule has 0 saturated carbocycles. The molecule has 0 saturated heterocycles. The summed E-state index contributed by atoms with van der Waals surface area (Å²) < 4.78 is 5.11. The lowest BCUT2D eigenvalue weighted by Crippen LogP contribution is -2.30. The fraction of sp³-hybridized carbons (Fsp3) is 0.263. The highest BCUT2D eigenvalue weighted by Crippen LogP contribution is 2.22. The van der Waals surface area contributed by atoms with Crippen molar-refractivity contribution in [3.05, 3.63) is 64.7 Å². The molecule has 2 aromatic carbocycles. The molecule has 132 valence electrons. The van der Waals surface area contributed by atoms with Gasteiger partial charge in [0.05, 0.1) is 5.56 Å². The number of thioether (sulfide) groups is 1. The molecule has 0 heterocycles. The molecule has 25 heavy (non-hydrogen) atoms. The topological polar surface area (TPSA) is 55.4 Å². The fourth-order valence-corrected chi connectivity index (χ4v) is 3.22. The van der Waals surface area contributed by atoms with E-state index >= 15 is 0 Å². The standard InChI is InChI=1S/C19H20ClNO3S/c1-2-25-17-9-4-3-8-16(17)19(23)24-13-18(22)21-11-10-14-6-5-7-15(20)12-14/h3-9,12H,2,10-11,13H2,1H3,(H,21,22). The van der Waals surface area contributed by atoms with E-state index in [1.54, 1.807) is 30.0 Å². The lowest BCUT2D eigenvalue weighted by Gasteiger charge is -2.09. The molecule has 0 atom stereocenters. The Morgan fingerprint density at radius 3 is 2.72 bits per heavy atom. The van der Waals surface area contributed by atoms with E-state index in [1.807, 2.05) is 37.3 Å². The summed E-state index contributed by atoms with van der Waals surface area (Å²) in [5.74, 6) is 0.0476. The van der Waals surface area contributed by atoms with Crippen molar-refractivity contribution in [2.24, 2.45) is 0 Å². The van der Waals surface area contributed by atoms with Crippen molar-refractivity contribution >= 4 is 35.2 Å². The van der Waals surface area contributed by atoms with Gasteiger partial charge in [0.15, 0.2) is 6.61 Å². The molecule has 0 spiro atoms. The Bertz CT molecular complexity index is 736. The number of halogens is 1. The number of esters is 1. The van der Waals surface area contributed by atoms with Gasteiger partial charge in [-0.15, -0.1) is 11.8 Å². The van der Waals surface area contributed by atoms with E-state index in [0.717, 1.165) is 16.2 Å². The number of carbonyl (C=O) groups excluding carboxylic acids is 2. The summed E-state index contributed by atoms with van der Waals surface area (Å²) in [6.45, 7) is 2.18. The van der Waals surface area contributed by atoms with Gasteiger partial charge < -0.3 is 10.1 Å². The minimum absolute atomic E-state index is 0.292. The summed E-state index contributed by atoms with van der Waals surface area (Å²) in [6, 6.07) is 14.7. The van der Waals surface area contributed by atoms with Crippen LogP contribution in [0.4, 0.5) is 0 Å². The zero-order chi connectivity index (χ0) is 18.1. The summed E-state index contributed by atoms with van der Waals surface area (Å²) in [6.07, 6.45) is 0.663. The number of carbonyl (C=O) groups is 2. The zero-order valence-electron chi connectivity index (χ0n) is 14.0. The minimum atomic E-state index is -0.485. The molecule has 0 aliphatic carbocycles. The Morgan fingerprint density at radius 1 is 1.16 bits per heavy atom. The summed E-state index contributed by atoms with van der Waals surface area (Å²) >= 11 is 7.48. The van der Waals surface area contributed by atoms with E-state index < -0.39 is 5.97 Å². The van der Waals surface area contributed by atoms with Gasteiger partial charge in [0.1, 0.15) is 0 Å². The Hall–Kier alpha value is -1.98. The van der Waals surface area contributed by atoms with Crippen molar-refractivity contribution in [1.82, 2.24) is 5.32 Å². The second-order valence-corrected chi connectivity index (χ2v) is 6.98. The first-order chi connectivity index (χ1) is 12.1. The summed E-state index contributed by atoms with van der Waals surface area (Å²) in [4.78, 5) is 24.8. The average molecular weight is 378 g/mol. The number of ether oxygens (including phenoxy) is 1. The van der Waals surface area contributed by atoms with Gasteiger partial charge in [0.25, 0.3) is 5.91 Å². The van der Waals surface area contributed by atoms with Crippen molar-refractivity contribution < 1.29 is 14.3 Å². The Labute approximate surface area is 156 Å². The fourth-order valence-electron chi connectivity index (χ4n) is 2.22. The molecule has 2 rings (SSSR count). The zero-order valence-corrected chi connectivity index (χ0v) is 15.5. The molecule has 6 heteroatoms. The van der Waals surface area contributed by atoms with Crippen molar-refractivity contribution in [1.29, 1.82) is 0 Å². The monoisotopic (exact) mass is 377 g/mol. The van der Waals surface area contributed by atoms with Gasteiger partial charge in [-0.2, -0.15) is 0 Å². The maximum atomic E-state index is 12.1. The number of amides is 1. The second-order valence-electron chi connectivity index (χ2n) is 5.24. The van der Waals surface area contributed by atoms with Crippen LogP contribution in [0.1, 0.15) is 22.8 Å². The highest BCUT2D eigenvalue weighted by atomic mass is 35.5. The lowest BCUT2D eigenvalue weighted by molar-refractivity contribution is -0.124. The molecule has 1 amide bonds. The number of hydrogen-bond acceptors (Lipinski definition) is 4. The van der Waals surface area contributed by atoms with Gasteiger partial charge in [-0.3, -0.25) is 4.79 Å². The van der Waals surface area contributed by atoms with Gasteiger partial charge in [-0.1, -0.05) is 42.8 Å². The molecule has 1 N–H and O–H groups in total. The molecule has 0 unspecified atom stereocenters. The van der Waals surface area contributed by atoms with E-state index in [2.05, 4.69) is 5.32 Å². The first kappa shape index (κ1) is 19.3. The average Bonchev–Trinajstić information content (AvgIpc) is 2.60. The highest BCUT2D eigenvalue weighted by molar-refractivity contribution is 7.99. The molecule has 0 aromatic heterocycles. The van der Waals surface area contributed by atoms with Crippen LogP contribution >= 0.6 is 23.4 Å². The summed E-state index contributed by atoms with van der Waals surface area (Å²) in [5, 5.41) is 3.40. The van der Waals surface area contributed by atoms with E-state index in [-0.39, 0.29) is 12.5 Å². The van der Waals surface area contributed by atoms with Crippen molar-refractivity contribution in [2.45, 2.75) is 18.2 Å². The van der Waals surface area contributed by atoms with Crippen molar-refractivity contribution in [3.8, 4) is 0 Å². The van der Waals surface area contributed by atoms with Gasteiger partial charge in [-0.25, -0.2) is 4.79 Å². The van der Waals surface area contributed by atoms with Gasteiger partial charge >= 0.3 is 5.97 Å². The van der Waals surface area contributed by atoms with Crippen molar-refractivity contribution in [2.75, 3.05) is 18.9 Å². The van der Waals surface area contributed by atoms with Crippen LogP contribution < -0.4 is 5.32 Å². The van der Waals surface area contributed by atoms with Crippen LogP contribution in [0.25, 0.3) is 0 Å². The van der Waals surface area contributed by atoms with Crippen molar-refractivity contribution in [3.63, 3.8) is 0 Å².